The third-order valence-corrected chi connectivity index (χ3v) is 3.59. The summed E-state index contributed by atoms with van der Waals surface area (Å²) in [5, 5.41) is 8.11. The maximum atomic E-state index is 12.2. The lowest BCUT2D eigenvalue weighted by Crippen LogP contribution is -2.33. The van der Waals surface area contributed by atoms with Gasteiger partial charge in [0.15, 0.2) is 5.65 Å². The molecule has 0 aliphatic rings. The smallest absolute Gasteiger partial charge is 0.229 e. The van der Waals surface area contributed by atoms with Crippen LogP contribution in [0.15, 0.2) is 18.5 Å². The van der Waals surface area contributed by atoms with Crippen LogP contribution >= 0.6 is 0 Å². The van der Waals surface area contributed by atoms with Crippen molar-refractivity contribution in [3.05, 3.63) is 18.5 Å². The van der Waals surface area contributed by atoms with Crippen LogP contribution in [0.1, 0.15) is 33.7 Å². The highest BCUT2D eigenvalue weighted by Gasteiger charge is 2.20. The number of rotatable bonds is 5. The molecule has 1 amide bonds. The summed E-state index contributed by atoms with van der Waals surface area (Å²) < 4.78 is 1.86. The fraction of sp³-hybridized carbons (Fsp3) is 0.533. The number of amides is 1. The molecule has 0 radical (unpaired) electrons. The number of fused-ring (bicyclic) bond motifs is 1. The minimum atomic E-state index is -0.195. The zero-order valence-electron chi connectivity index (χ0n) is 13.0. The number of carbonyl (C=O) groups is 1. The van der Waals surface area contributed by atoms with Crippen LogP contribution in [-0.2, 0) is 4.79 Å². The molecule has 114 valence electrons. The van der Waals surface area contributed by atoms with Gasteiger partial charge in [-0.05, 0) is 25.8 Å². The Kier molecular flexibility index (Phi) is 4.57. The van der Waals surface area contributed by atoms with Crippen molar-refractivity contribution < 1.29 is 4.79 Å². The molecule has 2 rings (SSSR count). The fourth-order valence-electron chi connectivity index (χ4n) is 2.30. The van der Waals surface area contributed by atoms with Gasteiger partial charge in [0.2, 0.25) is 5.91 Å². The van der Waals surface area contributed by atoms with E-state index in [2.05, 4.69) is 29.2 Å². The zero-order chi connectivity index (χ0) is 15.6. The number of hydrogen-bond acceptors (Lipinski definition) is 4. The van der Waals surface area contributed by atoms with Crippen LogP contribution in [-0.4, -0.2) is 27.2 Å². The van der Waals surface area contributed by atoms with E-state index in [1.54, 1.807) is 12.4 Å². The molecule has 0 aliphatic carbocycles. The minimum absolute atomic E-state index is 0.0649. The van der Waals surface area contributed by atoms with Gasteiger partial charge in [0.1, 0.15) is 0 Å². The van der Waals surface area contributed by atoms with Gasteiger partial charge >= 0.3 is 0 Å². The highest BCUT2D eigenvalue weighted by atomic mass is 16.1. The van der Waals surface area contributed by atoms with E-state index in [9.17, 15) is 4.79 Å². The van der Waals surface area contributed by atoms with Crippen molar-refractivity contribution in [1.29, 1.82) is 0 Å². The second-order valence-corrected chi connectivity index (χ2v) is 5.90. The first-order valence-electron chi connectivity index (χ1n) is 7.28. The number of aromatic nitrogens is 3. The average Bonchev–Trinajstić information content (AvgIpc) is 2.82. The molecule has 6 heteroatoms. The Labute approximate surface area is 124 Å². The summed E-state index contributed by atoms with van der Waals surface area (Å²) in [6, 6.07) is 2.14. The van der Waals surface area contributed by atoms with Crippen molar-refractivity contribution in [1.82, 2.24) is 14.8 Å². The van der Waals surface area contributed by atoms with Crippen molar-refractivity contribution >= 4 is 22.6 Å². The molecule has 2 aromatic heterocycles. The Bertz CT molecular complexity index is 632. The van der Waals surface area contributed by atoms with Gasteiger partial charge in [0.25, 0.3) is 0 Å². The highest BCUT2D eigenvalue weighted by molar-refractivity contribution is 5.94. The second kappa shape index (κ2) is 6.22. The van der Waals surface area contributed by atoms with Gasteiger partial charge in [-0.25, -0.2) is 9.67 Å². The molecule has 0 aliphatic heterocycles. The van der Waals surface area contributed by atoms with Gasteiger partial charge < -0.3 is 11.1 Å². The largest absolute Gasteiger partial charge is 0.330 e. The lowest BCUT2D eigenvalue weighted by molar-refractivity contribution is -0.120. The Morgan fingerprint density at radius 3 is 2.62 bits per heavy atom. The molecule has 2 aromatic rings. The van der Waals surface area contributed by atoms with Crippen molar-refractivity contribution in [2.75, 3.05) is 11.9 Å². The van der Waals surface area contributed by atoms with Crippen LogP contribution in [0.25, 0.3) is 11.0 Å². The normalized spacial score (nSPS) is 13.1. The Hall–Kier alpha value is -1.95. The quantitative estimate of drug-likeness (QED) is 0.883. The molecule has 0 fully saturated rings. The molecule has 3 N–H and O–H groups in total. The number of anilines is 1. The predicted octanol–water partition coefficient (Wildman–Crippen LogP) is 2.18. The van der Waals surface area contributed by atoms with E-state index in [4.69, 9.17) is 5.73 Å². The fourth-order valence-corrected chi connectivity index (χ4v) is 2.30. The maximum Gasteiger partial charge on any atom is 0.229 e. The summed E-state index contributed by atoms with van der Waals surface area (Å²) in [7, 11) is 0. The van der Waals surface area contributed by atoms with Crippen LogP contribution in [0, 0.1) is 11.8 Å². The summed E-state index contributed by atoms with van der Waals surface area (Å²) in [6.45, 7) is 8.43. The molecule has 6 nitrogen and oxygen atoms in total. The van der Waals surface area contributed by atoms with Gasteiger partial charge in [-0.3, -0.25) is 4.79 Å². The van der Waals surface area contributed by atoms with Crippen LogP contribution < -0.4 is 11.1 Å². The molecule has 1 unspecified atom stereocenters. The first-order valence-corrected chi connectivity index (χ1v) is 7.28. The zero-order valence-corrected chi connectivity index (χ0v) is 13.0. The van der Waals surface area contributed by atoms with Crippen LogP contribution in [0.5, 0.6) is 0 Å². The average molecular weight is 289 g/mol. The van der Waals surface area contributed by atoms with Gasteiger partial charge in [-0.1, -0.05) is 13.8 Å². The molecule has 21 heavy (non-hydrogen) atoms. The van der Waals surface area contributed by atoms with E-state index < -0.39 is 0 Å². The third-order valence-electron chi connectivity index (χ3n) is 3.59. The Morgan fingerprint density at radius 2 is 2.05 bits per heavy atom. The summed E-state index contributed by atoms with van der Waals surface area (Å²) in [4.78, 5) is 16.6. The summed E-state index contributed by atoms with van der Waals surface area (Å²) in [5.41, 5.74) is 7.16. The number of pyridine rings is 1. The topological polar surface area (TPSA) is 85.8 Å². The monoisotopic (exact) mass is 289 g/mol. The third kappa shape index (κ3) is 3.21. The first kappa shape index (κ1) is 15.4. The van der Waals surface area contributed by atoms with Gasteiger partial charge in [0, 0.05) is 18.0 Å². The molecule has 0 saturated carbocycles. The lowest BCUT2D eigenvalue weighted by Gasteiger charge is -2.18. The second-order valence-electron chi connectivity index (χ2n) is 5.90. The number of nitrogens with zero attached hydrogens (tertiary/aromatic N) is 3. The number of hydrogen-bond donors (Lipinski definition) is 2. The highest BCUT2D eigenvalue weighted by Crippen LogP contribution is 2.20. The summed E-state index contributed by atoms with van der Waals surface area (Å²) in [6.07, 6.45) is 3.43. The van der Waals surface area contributed by atoms with E-state index in [-0.39, 0.29) is 23.8 Å². The molecule has 1 atom stereocenters. The molecule has 0 saturated heterocycles. The molecule has 0 bridgehead atoms. The summed E-state index contributed by atoms with van der Waals surface area (Å²) in [5.74, 6) is -0.0561. The minimum Gasteiger partial charge on any atom is -0.330 e. The van der Waals surface area contributed by atoms with E-state index in [1.807, 2.05) is 24.6 Å². The van der Waals surface area contributed by atoms with Crippen LogP contribution in [0.4, 0.5) is 5.69 Å². The molecular weight excluding hydrogens is 266 g/mol. The Morgan fingerprint density at radius 1 is 1.33 bits per heavy atom. The van der Waals surface area contributed by atoms with E-state index in [0.29, 0.717) is 12.2 Å². The van der Waals surface area contributed by atoms with E-state index >= 15 is 0 Å². The van der Waals surface area contributed by atoms with Gasteiger partial charge in [-0.15, -0.1) is 0 Å². The molecule has 2 heterocycles. The van der Waals surface area contributed by atoms with Crippen LogP contribution in [0.3, 0.4) is 0 Å². The predicted molar refractivity (Wildman–Crippen MR) is 83.9 cm³/mol. The number of nitrogens with two attached hydrogens (primary N) is 1. The van der Waals surface area contributed by atoms with Gasteiger partial charge in [-0.2, -0.15) is 5.10 Å². The molecule has 0 aromatic carbocycles. The van der Waals surface area contributed by atoms with E-state index in [1.165, 1.54) is 0 Å². The SMILES string of the molecule is CC(C)C(CN)C(=O)Nc1cnc2c(cnn2C(C)C)c1. The maximum absolute atomic E-state index is 12.2. The van der Waals surface area contributed by atoms with Crippen molar-refractivity contribution in [2.45, 2.75) is 33.7 Å². The Balaban J connectivity index is 2.22. The van der Waals surface area contributed by atoms with Crippen LogP contribution in [0.2, 0.25) is 0 Å². The van der Waals surface area contributed by atoms with Crippen molar-refractivity contribution in [2.24, 2.45) is 17.6 Å². The summed E-state index contributed by atoms with van der Waals surface area (Å²) >= 11 is 0. The lowest BCUT2D eigenvalue weighted by atomic mass is 9.95. The standard InChI is InChI=1S/C15H23N5O/c1-9(2)13(6-16)15(21)19-12-5-11-7-18-20(10(3)4)14(11)17-8-12/h5,7-10,13H,6,16H2,1-4H3,(H,19,21). The molecular formula is C15H23N5O. The first-order chi connectivity index (χ1) is 9.93. The van der Waals surface area contributed by atoms with Crippen molar-refractivity contribution in [3.8, 4) is 0 Å². The van der Waals surface area contributed by atoms with Gasteiger partial charge in [0.05, 0.1) is 24.0 Å². The number of carbonyl (C=O) groups excluding carboxylic acids is 1. The molecule has 0 spiro atoms. The number of nitrogens with one attached hydrogen (secondary N) is 1. The van der Waals surface area contributed by atoms with Crippen molar-refractivity contribution in [3.63, 3.8) is 0 Å². The van der Waals surface area contributed by atoms with E-state index in [0.717, 1.165) is 11.0 Å².